The first-order valence-corrected chi connectivity index (χ1v) is 5.98. The van der Waals surface area contributed by atoms with Crippen LogP contribution in [0.1, 0.15) is 37.0 Å². The van der Waals surface area contributed by atoms with Gasteiger partial charge in [-0.1, -0.05) is 13.8 Å². The SMILES string of the molecule is CC(C)CCCNC(=O)c1ccc(NN)cc1. The molecule has 1 rings (SSSR count). The zero-order valence-electron chi connectivity index (χ0n) is 10.5. The molecule has 0 unspecified atom stereocenters. The molecule has 94 valence electrons. The van der Waals surface area contributed by atoms with Crippen LogP contribution in [0.5, 0.6) is 0 Å². The normalized spacial score (nSPS) is 10.4. The van der Waals surface area contributed by atoms with E-state index in [0.29, 0.717) is 11.5 Å². The minimum absolute atomic E-state index is 0.0303. The van der Waals surface area contributed by atoms with Gasteiger partial charge in [0.25, 0.3) is 5.91 Å². The molecule has 0 radical (unpaired) electrons. The minimum atomic E-state index is -0.0303. The van der Waals surface area contributed by atoms with Gasteiger partial charge in [0.1, 0.15) is 0 Å². The second-order valence-electron chi connectivity index (χ2n) is 4.51. The minimum Gasteiger partial charge on any atom is -0.352 e. The number of rotatable bonds is 6. The highest BCUT2D eigenvalue weighted by atomic mass is 16.1. The van der Waals surface area contributed by atoms with Crippen LogP contribution < -0.4 is 16.6 Å². The second-order valence-corrected chi connectivity index (χ2v) is 4.51. The molecule has 0 bridgehead atoms. The Morgan fingerprint density at radius 2 is 1.94 bits per heavy atom. The first kappa shape index (κ1) is 13.5. The average Bonchev–Trinajstić information content (AvgIpc) is 2.34. The van der Waals surface area contributed by atoms with E-state index in [4.69, 9.17) is 5.84 Å². The summed E-state index contributed by atoms with van der Waals surface area (Å²) in [5.74, 6) is 5.90. The van der Waals surface area contributed by atoms with Crippen LogP contribution in [-0.4, -0.2) is 12.5 Å². The highest BCUT2D eigenvalue weighted by molar-refractivity contribution is 5.94. The summed E-state index contributed by atoms with van der Waals surface area (Å²) in [5, 5.41) is 2.90. The number of amides is 1. The summed E-state index contributed by atoms with van der Waals surface area (Å²) in [7, 11) is 0. The molecule has 0 aliphatic heterocycles. The molecular formula is C13H21N3O. The molecule has 0 saturated heterocycles. The summed E-state index contributed by atoms with van der Waals surface area (Å²) in [5.41, 5.74) is 3.98. The Balaban J connectivity index is 2.36. The van der Waals surface area contributed by atoms with Gasteiger partial charge in [-0.25, -0.2) is 0 Å². The van der Waals surface area contributed by atoms with Crippen molar-refractivity contribution in [3.63, 3.8) is 0 Å². The van der Waals surface area contributed by atoms with Gasteiger partial charge in [-0.15, -0.1) is 0 Å². The molecule has 17 heavy (non-hydrogen) atoms. The molecule has 0 atom stereocenters. The van der Waals surface area contributed by atoms with Crippen molar-refractivity contribution in [1.82, 2.24) is 5.32 Å². The molecule has 0 aliphatic carbocycles. The lowest BCUT2D eigenvalue weighted by Gasteiger charge is -2.07. The molecule has 1 aromatic carbocycles. The number of nitrogen functional groups attached to an aromatic ring is 1. The maximum Gasteiger partial charge on any atom is 0.251 e. The Morgan fingerprint density at radius 3 is 2.47 bits per heavy atom. The van der Waals surface area contributed by atoms with E-state index in [0.717, 1.165) is 25.1 Å². The van der Waals surface area contributed by atoms with Gasteiger partial charge in [-0.2, -0.15) is 0 Å². The third-order valence-corrected chi connectivity index (χ3v) is 2.56. The Labute approximate surface area is 103 Å². The molecule has 0 aliphatic rings. The van der Waals surface area contributed by atoms with Gasteiger partial charge in [0.15, 0.2) is 0 Å². The number of hydrogen-bond donors (Lipinski definition) is 3. The summed E-state index contributed by atoms with van der Waals surface area (Å²) < 4.78 is 0. The zero-order valence-corrected chi connectivity index (χ0v) is 10.5. The van der Waals surface area contributed by atoms with Crippen LogP contribution in [0, 0.1) is 5.92 Å². The van der Waals surface area contributed by atoms with Crippen molar-refractivity contribution < 1.29 is 4.79 Å². The first-order valence-electron chi connectivity index (χ1n) is 5.98. The lowest BCUT2D eigenvalue weighted by Crippen LogP contribution is -2.24. The van der Waals surface area contributed by atoms with Crippen molar-refractivity contribution in [3.05, 3.63) is 29.8 Å². The number of anilines is 1. The number of carbonyl (C=O) groups is 1. The lowest BCUT2D eigenvalue weighted by molar-refractivity contribution is 0.0952. The summed E-state index contributed by atoms with van der Waals surface area (Å²) in [6.07, 6.45) is 2.15. The standard InChI is InChI=1S/C13H21N3O/c1-10(2)4-3-9-15-13(17)11-5-7-12(16-14)8-6-11/h5-8,10,16H,3-4,9,14H2,1-2H3,(H,15,17). The number of benzene rings is 1. The highest BCUT2D eigenvalue weighted by Gasteiger charge is 2.04. The largest absolute Gasteiger partial charge is 0.352 e. The number of nitrogens with one attached hydrogen (secondary N) is 2. The zero-order chi connectivity index (χ0) is 12.7. The Kier molecular flexibility index (Phi) is 5.49. The van der Waals surface area contributed by atoms with E-state index in [1.54, 1.807) is 24.3 Å². The van der Waals surface area contributed by atoms with Crippen LogP contribution in [-0.2, 0) is 0 Å². The van der Waals surface area contributed by atoms with Gasteiger partial charge < -0.3 is 10.7 Å². The molecule has 1 amide bonds. The van der Waals surface area contributed by atoms with Crippen molar-refractivity contribution >= 4 is 11.6 Å². The van der Waals surface area contributed by atoms with Crippen molar-refractivity contribution in [2.24, 2.45) is 11.8 Å². The summed E-state index contributed by atoms with van der Waals surface area (Å²) in [4.78, 5) is 11.7. The lowest BCUT2D eigenvalue weighted by atomic mass is 10.1. The molecule has 0 spiro atoms. The van der Waals surface area contributed by atoms with Gasteiger partial charge in [-0.3, -0.25) is 10.6 Å². The number of hydrogen-bond acceptors (Lipinski definition) is 3. The van der Waals surface area contributed by atoms with E-state index in [2.05, 4.69) is 24.6 Å². The van der Waals surface area contributed by atoms with E-state index >= 15 is 0 Å². The third-order valence-electron chi connectivity index (χ3n) is 2.56. The van der Waals surface area contributed by atoms with Crippen LogP contribution in [0.3, 0.4) is 0 Å². The average molecular weight is 235 g/mol. The summed E-state index contributed by atoms with van der Waals surface area (Å²) in [6, 6.07) is 7.08. The van der Waals surface area contributed by atoms with Gasteiger partial charge in [0.05, 0.1) is 0 Å². The van der Waals surface area contributed by atoms with E-state index in [1.165, 1.54) is 0 Å². The number of carbonyl (C=O) groups excluding carboxylic acids is 1. The van der Waals surface area contributed by atoms with Crippen molar-refractivity contribution in [2.45, 2.75) is 26.7 Å². The van der Waals surface area contributed by atoms with Crippen molar-refractivity contribution in [3.8, 4) is 0 Å². The third kappa shape index (κ3) is 4.87. The van der Waals surface area contributed by atoms with Crippen molar-refractivity contribution in [2.75, 3.05) is 12.0 Å². The fourth-order valence-corrected chi connectivity index (χ4v) is 1.53. The monoisotopic (exact) mass is 235 g/mol. The molecule has 0 saturated carbocycles. The van der Waals surface area contributed by atoms with Gasteiger partial charge in [0, 0.05) is 17.8 Å². The van der Waals surface area contributed by atoms with E-state index in [9.17, 15) is 4.79 Å². The quantitative estimate of drug-likeness (QED) is 0.402. The summed E-state index contributed by atoms with van der Waals surface area (Å²) in [6.45, 7) is 5.09. The maximum atomic E-state index is 11.7. The van der Waals surface area contributed by atoms with Crippen LogP contribution >= 0.6 is 0 Å². The smallest absolute Gasteiger partial charge is 0.251 e. The maximum absolute atomic E-state index is 11.7. The number of nitrogens with two attached hydrogens (primary N) is 1. The van der Waals surface area contributed by atoms with E-state index in [-0.39, 0.29) is 5.91 Å². The van der Waals surface area contributed by atoms with Gasteiger partial charge >= 0.3 is 0 Å². The molecule has 0 aromatic heterocycles. The summed E-state index contributed by atoms with van der Waals surface area (Å²) >= 11 is 0. The van der Waals surface area contributed by atoms with Gasteiger partial charge in [0.2, 0.25) is 0 Å². The van der Waals surface area contributed by atoms with Crippen LogP contribution in [0.25, 0.3) is 0 Å². The first-order chi connectivity index (χ1) is 8.13. The molecular weight excluding hydrogens is 214 g/mol. The van der Waals surface area contributed by atoms with Crippen LogP contribution in [0.4, 0.5) is 5.69 Å². The number of hydrazine groups is 1. The second kappa shape index (κ2) is 6.91. The molecule has 1 aromatic rings. The topological polar surface area (TPSA) is 67.2 Å². The van der Waals surface area contributed by atoms with E-state index in [1.807, 2.05) is 0 Å². The Bertz CT molecular complexity index is 346. The molecule has 4 N–H and O–H groups in total. The predicted molar refractivity (Wildman–Crippen MR) is 70.7 cm³/mol. The highest BCUT2D eigenvalue weighted by Crippen LogP contribution is 2.08. The predicted octanol–water partition coefficient (Wildman–Crippen LogP) is 2.14. The van der Waals surface area contributed by atoms with Gasteiger partial charge in [-0.05, 0) is 43.0 Å². The fourth-order valence-electron chi connectivity index (χ4n) is 1.53. The fraction of sp³-hybridized carbons (Fsp3) is 0.462. The van der Waals surface area contributed by atoms with Crippen LogP contribution in [0.15, 0.2) is 24.3 Å². The molecule has 4 nitrogen and oxygen atoms in total. The van der Waals surface area contributed by atoms with Crippen molar-refractivity contribution in [1.29, 1.82) is 0 Å². The van der Waals surface area contributed by atoms with Crippen LogP contribution in [0.2, 0.25) is 0 Å². The Morgan fingerprint density at radius 1 is 1.29 bits per heavy atom. The molecule has 0 fully saturated rings. The molecule has 0 heterocycles. The Hall–Kier alpha value is -1.55. The molecule has 4 heteroatoms. The van der Waals surface area contributed by atoms with E-state index < -0.39 is 0 Å².